The number of esters is 1. The van der Waals surface area contributed by atoms with Crippen LogP contribution in [0.25, 0.3) is 6.08 Å². The number of carbonyl (C=O) groups is 1. The van der Waals surface area contributed by atoms with E-state index in [9.17, 15) is 4.79 Å². The van der Waals surface area contributed by atoms with Crippen LogP contribution in [0.2, 0.25) is 5.15 Å². The monoisotopic (exact) mass is 211 g/mol. The second-order valence-corrected chi connectivity index (χ2v) is 2.83. The SMILES string of the molecule is CCOC(=O)/C=C/c1cccnc1Cl. The molecule has 0 atom stereocenters. The minimum Gasteiger partial charge on any atom is -0.463 e. The number of carbonyl (C=O) groups excluding carboxylic acids is 1. The predicted molar refractivity (Wildman–Crippen MR) is 54.9 cm³/mol. The summed E-state index contributed by atoms with van der Waals surface area (Å²) >= 11 is 5.77. The quantitative estimate of drug-likeness (QED) is 0.438. The van der Waals surface area contributed by atoms with Gasteiger partial charge in [0.1, 0.15) is 5.15 Å². The molecule has 0 N–H and O–H groups in total. The normalized spacial score (nSPS) is 10.4. The zero-order valence-corrected chi connectivity index (χ0v) is 8.49. The van der Waals surface area contributed by atoms with Gasteiger partial charge in [0, 0.05) is 17.8 Å². The molecular weight excluding hydrogens is 202 g/mol. The van der Waals surface area contributed by atoms with Crippen molar-refractivity contribution in [3.63, 3.8) is 0 Å². The summed E-state index contributed by atoms with van der Waals surface area (Å²) in [5.41, 5.74) is 0.696. The van der Waals surface area contributed by atoms with Gasteiger partial charge in [-0.1, -0.05) is 17.7 Å². The Kier molecular flexibility index (Phi) is 4.13. The molecule has 1 aromatic heterocycles. The second-order valence-electron chi connectivity index (χ2n) is 2.47. The van der Waals surface area contributed by atoms with E-state index in [-0.39, 0.29) is 5.97 Å². The minimum atomic E-state index is -0.382. The Balaban J connectivity index is 2.69. The van der Waals surface area contributed by atoms with E-state index >= 15 is 0 Å². The standard InChI is InChI=1S/C10H10ClNO2/c1-2-14-9(13)6-5-8-4-3-7-12-10(8)11/h3-7H,2H2,1H3/b6-5+. The molecule has 0 saturated heterocycles. The molecule has 0 bridgehead atoms. The van der Waals surface area contributed by atoms with Crippen molar-refractivity contribution in [1.29, 1.82) is 0 Å². The van der Waals surface area contributed by atoms with Crippen molar-refractivity contribution >= 4 is 23.6 Å². The Morgan fingerprint density at radius 2 is 2.50 bits per heavy atom. The maximum Gasteiger partial charge on any atom is 0.330 e. The fraction of sp³-hybridized carbons (Fsp3) is 0.200. The second kappa shape index (κ2) is 5.40. The van der Waals surface area contributed by atoms with Gasteiger partial charge in [-0.05, 0) is 19.1 Å². The van der Waals surface area contributed by atoms with Crippen molar-refractivity contribution in [1.82, 2.24) is 4.98 Å². The number of ether oxygens (including phenoxy) is 1. The predicted octanol–water partition coefficient (Wildman–Crippen LogP) is 2.31. The zero-order chi connectivity index (χ0) is 10.4. The summed E-state index contributed by atoms with van der Waals surface area (Å²) < 4.78 is 4.71. The topological polar surface area (TPSA) is 39.2 Å². The van der Waals surface area contributed by atoms with Gasteiger partial charge in [0.25, 0.3) is 0 Å². The number of pyridine rings is 1. The third-order valence-electron chi connectivity index (χ3n) is 1.47. The highest BCUT2D eigenvalue weighted by Gasteiger charge is 1.97. The van der Waals surface area contributed by atoms with E-state index in [0.717, 1.165) is 0 Å². The Morgan fingerprint density at radius 3 is 3.14 bits per heavy atom. The molecular formula is C10H10ClNO2. The molecule has 0 unspecified atom stereocenters. The van der Waals surface area contributed by atoms with Crippen molar-refractivity contribution in [3.8, 4) is 0 Å². The highest BCUT2D eigenvalue weighted by atomic mass is 35.5. The number of aromatic nitrogens is 1. The molecule has 0 aliphatic heterocycles. The molecule has 0 saturated carbocycles. The maximum atomic E-state index is 11.0. The third-order valence-corrected chi connectivity index (χ3v) is 1.79. The molecule has 14 heavy (non-hydrogen) atoms. The first-order valence-electron chi connectivity index (χ1n) is 4.19. The summed E-state index contributed by atoms with van der Waals surface area (Å²) in [6.07, 6.45) is 4.49. The number of rotatable bonds is 3. The molecule has 0 aliphatic rings. The molecule has 74 valence electrons. The lowest BCUT2D eigenvalue weighted by Gasteiger charge is -1.96. The smallest absolute Gasteiger partial charge is 0.330 e. The van der Waals surface area contributed by atoms with Gasteiger partial charge >= 0.3 is 5.97 Å². The average molecular weight is 212 g/mol. The maximum absolute atomic E-state index is 11.0. The van der Waals surface area contributed by atoms with Gasteiger partial charge < -0.3 is 4.74 Å². The highest BCUT2D eigenvalue weighted by molar-refractivity contribution is 6.30. The summed E-state index contributed by atoms with van der Waals surface area (Å²) in [6, 6.07) is 3.52. The third kappa shape index (κ3) is 3.18. The van der Waals surface area contributed by atoms with E-state index in [1.807, 2.05) is 0 Å². The van der Waals surface area contributed by atoms with Crippen LogP contribution in [0.15, 0.2) is 24.4 Å². The van der Waals surface area contributed by atoms with Crippen molar-refractivity contribution in [2.24, 2.45) is 0 Å². The largest absolute Gasteiger partial charge is 0.463 e. The van der Waals surface area contributed by atoms with E-state index < -0.39 is 0 Å². The van der Waals surface area contributed by atoms with E-state index in [1.165, 1.54) is 6.08 Å². The molecule has 1 rings (SSSR count). The van der Waals surface area contributed by atoms with Gasteiger partial charge in [0.05, 0.1) is 6.61 Å². The molecule has 3 nitrogen and oxygen atoms in total. The summed E-state index contributed by atoms with van der Waals surface area (Å²) in [7, 11) is 0. The molecule has 1 aromatic rings. The van der Waals surface area contributed by atoms with E-state index in [0.29, 0.717) is 17.3 Å². The average Bonchev–Trinajstić information content (AvgIpc) is 2.17. The van der Waals surface area contributed by atoms with Crippen LogP contribution in [-0.4, -0.2) is 17.6 Å². The van der Waals surface area contributed by atoms with Crippen LogP contribution >= 0.6 is 11.6 Å². The lowest BCUT2D eigenvalue weighted by molar-refractivity contribution is -0.137. The summed E-state index contributed by atoms with van der Waals surface area (Å²) in [5.74, 6) is -0.382. The van der Waals surface area contributed by atoms with Crippen molar-refractivity contribution in [2.45, 2.75) is 6.92 Å². The zero-order valence-electron chi connectivity index (χ0n) is 7.74. The molecule has 0 fully saturated rings. The van der Waals surface area contributed by atoms with Crippen LogP contribution in [0.1, 0.15) is 12.5 Å². The minimum absolute atomic E-state index is 0.365. The molecule has 4 heteroatoms. The summed E-state index contributed by atoms with van der Waals surface area (Å²) in [6.45, 7) is 2.12. The van der Waals surface area contributed by atoms with E-state index in [2.05, 4.69) is 4.98 Å². The molecule has 0 aromatic carbocycles. The number of halogens is 1. The first-order valence-corrected chi connectivity index (χ1v) is 4.57. The molecule has 0 amide bonds. The fourth-order valence-corrected chi connectivity index (χ4v) is 1.05. The van der Waals surface area contributed by atoms with Crippen LogP contribution in [-0.2, 0) is 9.53 Å². The molecule has 0 aliphatic carbocycles. The van der Waals surface area contributed by atoms with E-state index in [1.54, 1.807) is 31.3 Å². The molecule has 1 heterocycles. The molecule has 0 spiro atoms. The van der Waals surface area contributed by atoms with Crippen molar-refractivity contribution in [3.05, 3.63) is 35.1 Å². The van der Waals surface area contributed by atoms with Gasteiger partial charge in [-0.3, -0.25) is 0 Å². The van der Waals surface area contributed by atoms with Gasteiger partial charge in [-0.15, -0.1) is 0 Å². The fourth-order valence-electron chi connectivity index (χ4n) is 0.871. The van der Waals surface area contributed by atoms with Crippen molar-refractivity contribution in [2.75, 3.05) is 6.61 Å². The number of hydrogen-bond donors (Lipinski definition) is 0. The lowest BCUT2D eigenvalue weighted by atomic mass is 10.2. The summed E-state index contributed by atoms with van der Waals surface area (Å²) in [4.78, 5) is 14.8. The van der Waals surface area contributed by atoms with Crippen LogP contribution < -0.4 is 0 Å². The number of hydrogen-bond acceptors (Lipinski definition) is 3. The number of nitrogens with zero attached hydrogens (tertiary/aromatic N) is 1. The Hall–Kier alpha value is -1.35. The van der Waals surface area contributed by atoms with Gasteiger partial charge in [0.2, 0.25) is 0 Å². The summed E-state index contributed by atoms with van der Waals surface area (Å²) in [5, 5.41) is 0.369. The lowest BCUT2D eigenvalue weighted by Crippen LogP contribution is -1.98. The van der Waals surface area contributed by atoms with Gasteiger partial charge in [0.15, 0.2) is 0 Å². The first kappa shape index (κ1) is 10.7. The Morgan fingerprint density at radius 1 is 1.71 bits per heavy atom. The van der Waals surface area contributed by atoms with Gasteiger partial charge in [-0.2, -0.15) is 0 Å². The van der Waals surface area contributed by atoms with Crippen LogP contribution in [0.5, 0.6) is 0 Å². The van der Waals surface area contributed by atoms with Crippen LogP contribution in [0, 0.1) is 0 Å². The van der Waals surface area contributed by atoms with Gasteiger partial charge in [-0.25, -0.2) is 9.78 Å². The van der Waals surface area contributed by atoms with Crippen molar-refractivity contribution < 1.29 is 9.53 Å². The van der Waals surface area contributed by atoms with E-state index in [4.69, 9.17) is 16.3 Å². The van der Waals surface area contributed by atoms with Crippen LogP contribution in [0.4, 0.5) is 0 Å². The highest BCUT2D eigenvalue weighted by Crippen LogP contribution is 2.12. The Bertz CT molecular complexity index is 350. The van der Waals surface area contributed by atoms with Crippen LogP contribution in [0.3, 0.4) is 0 Å². The first-order chi connectivity index (χ1) is 6.74. The molecule has 0 radical (unpaired) electrons. The Labute approximate surface area is 87.4 Å².